The van der Waals surface area contributed by atoms with E-state index in [2.05, 4.69) is 121 Å². The Morgan fingerprint density at radius 2 is 1.23 bits per heavy atom. The second kappa shape index (κ2) is 11.3. The van der Waals surface area contributed by atoms with Crippen LogP contribution in [0.1, 0.15) is 50.7 Å². The van der Waals surface area contributed by atoms with Crippen molar-refractivity contribution in [3.8, 4) is 0 Å². The van der Waals surface area contributed by atoms with Crippen LogP contribution in [0.4, 0.5) is 5.69 Å². The second-order valence-electron chi connectivity index (χ2n) is 10.5. The molecule has 1 heterocycles. The molecule has 194 valence electrons. The van der Waals surface area contributed by atoms with Gasteiger partial charge in [0.25, 0.3) is 0 Å². The quantitative estimate of drug-likeness (QED) is 0.143. The van der Waals surface area contributed by atoms with Gasteiger partial charge in [-0.25, -0.2) is 0 Å². The third-order valence-electron chi connectivity index (χ3n) is 7.98. The SMILES string of the molecule is CCCCN(CCCC)c1ccc2c(ccc3c4cccc(C=Cc5cccc6cnccc56)c4ccc23)c1. The van der Waals surface area contributed by atoms with Gasteiger partial charge in [-0.2, -0.15) is 0 Å². The highest BCUT2D eigenvalue weighted by Crippen LogP contribution is 2.35. The molecule has 0 fully saturated rings. The lowest BCUT2D eigenvalue weighted by Crippen LogP contribution is -2.25. The molecule has 0 aliphatic heterocycles. The standard InChI is InChI=1S/C37H36N2/c1-3-5-23-39(24-6-4-2)31-16-18-34-29(25-31)15-17-37-35-12-8-10-28(33(35)19-20-36(34)37)14-13-27-9-7-11-30-26-38-22-21-32(27)30/h7-22,25-26H,3-6,23-24H2,1-2H3. The Labute approximate surface area is 231 Å². The van der Waals surface area contributed by atoms with Crippen molar-refractivity contribution in [2.45, 2.75) is 39.5 Å². The van der Waals surface area contributed by atoms with E-state index in [1.165, 1.54) is 80.2 Å². The zero-order valence-corrected chi connectivity index (χ0v) is 23.0. The maximum Gasteiger partial charge on any atom is 0.0372 e. The van der Waals surface area contributed by atoms with Crippen LogP contribution in [0.2, 0.25) is 0 Å². The van der Waals surface area contributed by atoms with Gasteiger partial charge in [-0.05, 0) is 79.9 Å². The molecule has 0 amide bonds. The highest BCUT2D eigenvalue weighted by molar-refractivity contribution is 6.18. The Bertz CT molecular complexity index is 1780. The second-order valence-corrected chi connectivity index (χ2v) is 10.5. The molecule has 2 nitrogen and oxygen atoms in total. The molecule has 0 radical (unpaired) electrons. The van der Waals surface area contributed by atoms with Crippen LogP contribution in [0.5, 0.6) is 0 Å². The number of nitrogens with zero attached hydrogens (tertiary/aromatic N) is 2. The monoisotopic (exact) mass is 508 g/mol. The van der Waals surface area contributed by atoms with Gasteiger partial charge >= 0.3 is 0 Å². The Hall–Kier alpha value is -4.17. The fraction of sp³-hybridized carbons (Fsp3) is 0.216. The van der Waals surface area contributed by atoms with Gasteiger partial charge in [-0.3, -0.25) is 4.98 Å². The van der Waals surface area contributed by atoms with Crippen molar-refractivity contribution >= 4 is 60.9 Å². The first-order chi connectivity index (χ1) is 19.3. The van der Waals surface area contributed by atoms with Crippen molar-refractivity contribution in [3.05, 3.63) is 108 Å². The van der Waals surface area contributed by atoms with E-state index in [9.17, 15) is 0 Å². The molecule has 0 aliphatic rings. The smallest absolute Gasteiger partial charge is 0.0372 e. The molecule has 1 aromatic heterocycles. The fourth-order valence-electron chi connectivity index (χ4n) is 5.81. The summed E-state index contributed by atoms with van der Waals surface area (Å²) in [7, 11) is 0. The Morgan fingerprint density at radius 1 is 0.590 bits per heavy atom. The van der Waals surface area contributed by atoms with Gasteiger partial charge in [0.2, 0.25) is 0 Å². The molecule has 0 aliphatic carbocycles. The summed E-state index contributed by atoms with van der Waals surface area (Å²) >= 11 is 0. The van der Waals surface area contributed by atoms with Gasteiger partial charge in [0, 0.05) is 36.6 Å². The first kappa shape index (κ1) is 25.1. The van der Waals surface area contributed by atoms with Crippen LogP contribution in [-0.4, -0.2) is 18.1 Å². The van der Waals surface area contributed by atoms with Crippen LogP contribution >= 0.6 is 0 Å². The molecule has 0 saturated heterocycles. The van der Waals surface area contributed by atoms with Gasteiger partial charge < -0.3 is 4.90 Å². The van der Waals surface area contributed by atoms with Crippen molar-refractivity contribution in [3.63, 3.8) is 0 Å². The van der Waals surface area contributed by atoms with E-state index in [0.29, 0.717) is 0 Å². The number of fused-ring (bicyclic) bond motifs is 6. The largest absolute Gasteiger partial charge is 0.372 e. The number of aromatic nitrogens is 1. The van der Waals surface area contributed by atoms with Gasteiger partial charge in [0.1, 0.15) is 0 Å². The van der Waals surface area contributed by atoms with Crippen LogP contribution in [0.15, 0.2) is 97.3 Å². The van der Waals surface area contributed by atoms with Crippen molar-refractivity contribution in [2.75, 3.05) is 18.0 Å². The Morgan fingerprint density at radius 3 is 2.03 bits per heavy atom. The molecule has 5 aromatic carbocycles. The summed E-state index contributed by atoms with van der Waals surface area (Å²) in [5.74, 6) is 0. The van der Waals surface area contributed by atoms with Crippen LogP contribution in [-0.2, 0) is 0 Å². The molecule has 0 unspecified atom stereocenters. The summed E-state index contributed by atoms with van der Waals surface area (Å²) in [6.07, 6.45) is 13.2. The van der Waals surface area contributed by atoms with E-state index in [4.69, 9.17) is 0 Å². The third kappa shape index (κ3) is 5.00. The van der Waals surface area contributed by atoms with Crippen LogP contribution in [0.3, 0.4) is 0 Å². The summed E-state index contributed by atoms with van der Waals surface area (Å²) in [5.41, 5.74) is 3.79. The molecule has 0 saturated carbocycles. The van der Waals surface area contributed by atoms with Crippen LogP contribution < -0.4 is 4.90 Å². The summed E-state index contributed by atoms with van der Waals surface area (Å²) in [5, 5.41) is 10.3. The number of unbranched alkanes of at least 4 members (excludes halogenated alkanes) is 2. The molecule has 0 spiro atoms. The summed E-state index contributed by atoms with van der Waals surface area (Å²) in [6, 6.07) is 31.4. The minimum atomic E-state index is 1.13. The van der Waals surface area contributed by atoms with Crippen LogP contribution in [0, 0.1) is 0 Å². The van der Waals surface area contributed by atoms with E-state index < -0.39 is 0 Å². The number of anilines is 1. The maximum absolute atomic E-state index is 4.27. The highest BCUT2D eigenvalue weighted by Gasteiger charge is 2.10. The van der Waals surface area contributed by atoms with E-state index in [1.807, 2.05) is 12.4 Å². The minimum absolute atomic E-state index is 1.13. The molecular formula is C37H36N2. The zero-order valence-electron chi connectivity index (χ0n) is 23.0. The lowest BCUT2D eigenvalue weighted by atomic mass is 9.94. The molecule has 0 atom stereocenters. The van der Waals surface area contributed by atoms with E-state index in [1.54, 1.807) is 0 Å². The normalized spacial score (nSPS) is 11.8. The summed E-state index contributed by atoms with van der Waals surface area (Å²) in [6.45, 7) is 6.81. The van der Waals surface area contributed by atoms with E-state index in [-0.39, 0.29) is 0 Å². The van der Waals surface area contributed by atoms with Gasteiger partial charge in [0.15, 0.2) is 0 Å². The topological polar surface area (TPSA) is 16.1 Å². The van der Waals surface area contributed by atoms with E-state index in [0.717, 1.165) is 18.5 Å². The van der Waals surface area contributed by atoms with Gasteiger partial charge in [-0.15, -0.1) is 0 Å². The first-order valence-corrected chi connectivity index (χ1v) is 14.4. The molecule has 0 N–H and O–H groups in total. The van der Waals surface area contributed by atoms with Crippen molar-refractivity contribution in [1.82, 2.24) is 4.98 Å². The fourth-order valence-corrected chi connectivity index (χ4v) is 5.81. The Balaban J connectivity index is 1.40. The van der Waals surface area contributed by atoms with Crippen molar-refractivity contribution in [2.24, 2.45) is 0 Å². The van der Waals surface area contributed by atoms with Crippen molar-refractivity contribution < 1.29 is 0 Å². The van der Waals surface area contributed by atoms with Gasteiger partial charge in [-0.1, -0.05) is 106 Å². The molecule has 0 bridgehead atoms. The lowest BCUT2D eigenvalue weighted by molar-refractivity contribution is 0.678. The summed E-state index contributed by atoms with van der Waals surface area (Å²) in [4.78, 5) is 6.85. The third-order valence-corrected chi connectivity index (χ3v) is 7.98. The average molecular weight is 509 g/mol. The highest BCUT2D eigenvalue weighted by atomic mass is 15.1. The molecule has 6 rings (SSSR count). The minimum Gasteiger partial charge on any atom is -0.372 e. The number of pyridine rings is 1. The van der Waals surface area contributed by atoms with Gasteiger partial charge in [0.05, 0.1) is 0 Å². The number of hydrogen-bond donors (Lipinski definition) is 0. The first-order valence-electron chi connectivity index (χ1n) is 14.4. The summed E-state index contributed by atoms with van der Waals surface area (Å²) < 4.78 is 0. The lowest BCUT2D eigenvalue weighted by Gasteiger charge is -2.25. The predicted octanol–water partition coefficient (Wildman–Crippen LogP) is 10.3. The van der Waals surface area contributed by atoms with Crippen molar-refractivity contribution in [1.29, 1.82) is 0 Å². The maximum atomic E-state index is 4.27. The predicted molar refractivity (Wildman–Crippen MR) is 172 cm³/mol. The Kier molecular flexibility index (Phi) is 7.27. The average Bonchev–Trinajstić information content (AvgIpc) is 2.99. The van der Waals surface area contributed by atoms with Crippen LogP contribution in [0.25, 0.3) is 55.2 Å². The molecule has 39 heavy (non-hydrogen) atoms. The zero-order chi connectivity index (χ0) is 26.6. The molecular weight excluding hydrogens is 472 g/mol. The van der Waals surface area contributed by atoms with E-state index >= 15 is 0 Å². The number of rotatable bonds is 9. The molecule has 2 heteroatoms. The number of benzene rings is 5. The molecule has 6 aromatic rings. The number of hydrogen-bond acceptors (Lipinski definition) is 2.